The molecule has 0 spiro atoms. The van der Waals surface area contributed by atoms with Gasteiger partial charge in [0.25, 0.3) is 0 Å². The molecule has 2 nitrogen and oxygen atoms in total. The first-order valence-electron chi connectivity index (χ1n) is 22.2. The number of para-hydroxylation sites is 2. The van der Waals surface area contributed by atoms with E-state index in [0.29, 0.717) is 0 Å². The lowest BCUT2D eigenvalue weighted by Gasteiger charge is -2.11. The predicted molar refractivity (Wildman–Crippen MR) is 271 cm³/mol. The van der Waals surface area contributed by atoms with E-state index in [1.54, 1.807) is 0 Å². The molecule has 1 aliphatic carbocycles. The number of hydrogen-bond acceptors (Lipinski definition) is 0. The Balaban J connectivity index is 0.843. The summed E-state index contributed by atoms with van der Waals surface area (Å²) in [5.74, 6) is 0. The van der Waals surface area contributed by atoms with Gasteiger partial charge in [0.2, 0.25) is 0 Å². The van der Waals surface area contributed by atoms with Gasteiger partial charge in [-0.25, -0.2) is 0 Å². The van der Waals surface area contributed by atoms with Gasteiger partial charge in [0.05, 0.1) is 22.1 Å². The molecule has 2 aromatic heterocycles. The van der Waals surface area contributed by atoms with Gasteiger partial charge in [-0.2, -0.15) is 0 Å². The molecular formula is C62H38N2. The van der Waals surface area contributed by atoms with E-state index in [1.807, 2.05) is 0 Å². The van der Waals surface area contributed by atoms with Crippen molar-refractivity contribution in [1.82, 2.24) is 9.13 Å². The summed E-state index contributed by atoms with van der Waals surface area (Å²) in [5.41, 5.74) is 19.7. The van der Waals surface area contributed by atoms with E-state index in [0.717, 1.165) is 11.4 Å². The summed E-state index contributed by atoms with van der Waals surface area (Å²) < 4.78 is 4.83. The fourth-order valence-electron chi connectivity index (χ4n) is 10.9. The lowest BCUT2D eigenvalue weighted by molar-refractivity contribution is 1.18. The van der Waals surface area contributed by atoms with Crippen molar-refractivity contribution in [1.29, 1.82) is 0 Å². The molecule has 2 heterocycles. The number of hydrogen-bond donors (Lipinski definition) is 0. The fourth-order valence-corrected chi connectivity index (χ4v) is 10.9. The molecule has 64 heavy (non-hydrogen) atoms. The van der Waals surface area contributed by atoms with Crippen LogP contribution in [0.15, 0.2) is 231 Å². The van der Waals surface area contributed by atoms with Crippen LogP contribution in [0.2, 0.25) is 0 Å². The van der Waals surface area contributed by atoms with Crippen molar-refractivity contribution >= 4 is 65.2 Å². The van der Waals surface area contributed by atoms with Crippen molar-refractivity contribution in [2.75, 3.05) is 0 Å². The largest absolute Gasteiger partial charge is 0.309 e. The number of aromatic nitrogens is 2. The van der Waals surface area contributed by atoms with E-state index < -0.39 is 0 Å². The molecule has 14 rings (SSSR count). The molecular weight excluding hydrogens is 773 g/mol. The molecule has 0 saturated heterocycles. The van der Waals surface area contributed by atoms with Gasteiger partial charge < -0.3 is 9.13 Å². The van der Waals surface area contributed by atoms with Gasteiger partial charge in [-0.05, 0) is 150 Å². The van der Waals surface area contributed by atoms with Crippen LogP contribution in [0.4, 0.5) is 0 Å². The first-order chi connectivity index (χ1) is 31.7. The molecule has 0 unspecified atom stereocenters. The molecule has 1 aliphatic rings. The minimum absolute atomic E-state index is 1.15. The second kappa shape index (κ2) is 13.5. The highest BCUT2D eigenvalue weighted by Crippen LogP contribution is 2.50. The minimum Gasteiger partial charge on any atom is -0.309 e. The molecule has 2 heteroatoms. The molecule has 0 N–H and O–H groups in total. The molecule has 0 bridgehead atoms. The van der Waals surface area contributed by atoms with Crippen LogP contribution in [-0.2, 0) is 0 Å². The number of rotatable bonds is 5. The Morgan fingerprint density at radius 2 is 0.734 bits per heavy atom. The highest BCUT2D eigenvalue weighted by Gasteiger charge is 2.23. The van der Waals surface area contributed by atoms with E-state index in [9.17, 15) is 0 Å². The third-order valence-corrected chi connectivity index (χ3v) is 13.8. The lowest BCUT2D eigenvalue weighted by atomic mass is 9.95. The summed E-state index contributed by atoms with van der Waals surface area (Å²) >= 11 is 0. The summed E-state index contributed by atoms with van der Waals surface area (Å²) in [4.78, 5) is 0. The third-order valence-electron chi connectivity index (χ3n) is 13.8. The van der Waals surface area contributed by atoms with Crippen molar-refractivity contribution in [3.05, 3.63) is 231 Å². The number of fused-ring (bicyclic) bond motifs is 11. The SMILES string of the molecule is c1ccc(-c2cccc(-n3c4ccccc4c4cc(-c5ccc6c(c5)c5ccccc5n6-c5ccc(-c6ccc7c(c6)-c6cc8ccccc8c8cccc-7c68)cc5)ccc43)c2)cc1. The number of nitrogens with zero attached hydrogens (tertiary/aromatic N) is 2. The van der Waals surface area contributed by atoms with Crippen LogP contribution in [0.1, 0.15) is 0 Å². The highest BCUT2D eigenvalue weighted by atomic mass is 15.0. The predicted octanol–water partition coefficient (Wildman–Crippen LogP) is 16.8. The standard InChI is InChI=1S/C62H38N2/c1-2-12-39(13-3-1)41-15-10-16-47(34-41)64-59-23-9-7-19-51(59)56-37-44(28-33-61(56)64)43-27-32-60-55(36-43)50-18-6-8-22-58(50)63(60)46-29-24-40(25-30-46)42-26-31-49-53-21-11-20-52-48-17-5-4-14-45(48)38-57(62(52)53)54(49)35-42/h1-38H. The molecule has 0 amide bonds. The maximum absolute atomic E-state index is 2.42. The Kier molecular flexibility index (Phi) is 7.43. The fraction of sp³-hybridized carbons (Fsp3) is 0. The van der Waals surface area contributed by atoms with Crippen LogP contribution in [0.3, 0.4) is 0 Å². The average Bonchev–Trinajstić information content (AvgIpc) is 4.00. The van der Waals surface area contributed by atoms with Crippen molar-refractivity contribution < 1.29 is 0 Å². The summed E-state index contributed by atoms with van der Waals surface area (Å²) in [6.07, 6.45) is 0. The second-order valence-electron chi connectivity index (χ2n) is 17.3. The summed E-state index contributed by atoms with van der Waals surface area (Å²) in [7, 11) is 0. The molecule has 0 saturated carbocycles. The van der Waals surface area contributed by atoms with Gasteiger partial charge >= 0.3 is 0 Å². The molecule has 296 valence electrons. The van der Waals surface area contributed by atoms with Crippen LogP contribution in [0, 0.1) is 0 Å². The van der Waals surface area contributed by atoms with Gasteiger partial charge in [0.1, 0.15) is 0 Å². The molecule has 13 aromatic rings. The van der Waals surface area contributed by atoms with Crippen LogP contribution in [0.25, 0.3) is 132 Å². The van der Waals surface area contributed by atoms with Crippen LogP contribution in [-0.4, -0.2) is 9.13 Å². The molecule has 0 fully saturated rings. The first-order valence-corrected chi connectivity index (χ1v) is 22.2. The molecule has 11 aromatic carbocycles. The zero-order chi connectivity index (χ0) is 41.9. The Hall–Kier alpha value is -8.46. The van der Waals surface area contributed by atoms with Crippen LogP contribution >= 0.6 is 0 Å². The zero-order valence-corrected chi connectivity index (χ0v) is 34.8. The summed E-state index contributed by atoms with van der Waals surface area (Å²) in [5, 5.41) is 10.3. The summed E-state index contributed by atoms with van der Waals surface area (Å²) in [6, 6.07) is 85.2. The first kappa shape index (κ1) is 35.2. The van der Waals surface area contributed by atoms with Gasteiger partial charge in [-0.15, -0.1) is 0 Å². The van der Waals surface area contributed by atoms with Crippen LogP contribution < -0.4 is 0 Å². The monoisotopic (exact) mass is 810 g/mol. The van der Waals surface area contributed by atoms with Crippen molar-refractivity contribution in [2.24, 2.45) is 0 Å². The molecule has 0 aliphatic heterocycles. The van der Waals surface area contributed by atoms with Gasteiger partial charge in [-0.1, -0.05) is 158 Å². The maximum Gasteiger partial charge on any atom is 0.0541 e. The Morgan fingerprint density at radius 1 is 0.219 bits per heavy atom. The Bertz CT molecular complexity index is 4050. The van der Waals surface area contributed by atoms with Gasteiger partial charge in [-0.3, -0.25) is 0 Å². The smallest absolute Gasteiger partial charge is 0.0541 e. The van der Waals surface area contributed by atoms with Crippen molar-refractivity contribution in [2.45, 2.75) is 0 Å². The Labute approximate surface area is 370 Å². The van der Waals surface area contributed by atoms with E-state index >= 15 is 0 Å². The summed E-state index contributed by atoms with van der Waals surface area (Å²) in [6.45, 7) is 0. The molecule has 0 atom stereocenters. The van der Waals surface area contributed by atoms with Gasteiger partial charge in [0, 0.05) is 32.9 Å². The highest BCUT2D eigenvalue weighted by molar-refractivity contribution is 6.23. The topological polar surface area (TPSA) is 9.86 Å². The van der Waals surface area contributed by atoms with E-state index in [1.165, 1.54) is 121 Å². The van der Waals surface area contributed by atoms with Crippen molar-refractivity contribution in [3.63, 3.8) is 0 Å². The van der Waals surface area contributed by atoms with Crippen LogP contribution in [0.5, 0.6) is 0 Å². The van der Waals surface area contributed by atoms with E-state index in [-0.39, 0.29) is 0 Å². The third kappa shape index (κ3) is 5.14. The van der Waals surface area contributed by atoms with Gasteiger partial charge in [0.15, 0.2) is 0 Å². The van der Waals surface area contributed by atoms with E-state index in [4.69, 9.17) is 0 Å². The van der Waals surface area contributed by atoms with Crippen molar-refractivity contribution in [3.8, 4) is 67.0 Å². The normalized spacial score (nSPS) is 12.1. The quantitative estimate of drug-likeness (QED) is 0.153. The molecule has 0 radical (unpaired) electrons. The second-order valence-corrected chi connectivity index (χ2v) is 17.3. The minimum atomic E-state index is 1.15. The zero-order valence-electron chi connectivity index (χ0n) is 34.8. The average molecular weight is 811 g/mol. The Morgan fingerprint density at radius 3 is 1.47 bits per heavy atom. The maximum atomic E-state index is 2.42. The lowest BCUT2D eigenvalue weighted by Crippen LogP contribution is -1.94. The number of benzene rings is 11. The van der Waals surface area contributed by atoms with E-state index in [2.05, 4.69) is 240 Å².